The molecular formula is C64H40BN5. The van der Waals surface area contributed by atoms with Gasteiger partial charge in [0.1, 0.15) is 0 Å². The molecule has 0 saturated heterocycles. The van der Waals surface area contributed by atoms with Crippen LogP contribution in [0, 0.1) is 0 Å². The summed E-state index contributed by atoms with van der Waals surface area (Å²) in [6.45, 7) is -0.0766. The largest absolute Gasteiger partial charge is 0.309 e. The summed E-state index contributed by atoms with van der Waals surface area (Å²) in [5, 5.41) is 2.41. The van der Waals surface area contributed by atoms with Crippen LogP contribution in [-0.4, -0.2) is 26.2 Å². The highest BCUT2D eigenvalue weighted by Gasteiger charge is 2.51. The third kappa shape index (κ3) is 5.36. The third-order valence-electron chi connectivity index (χ3n) is 15.1. The summed E-state index contributed by atoms with van der Waals surface area (Å²) in [4.78, 5) is 18.7. The van der Waals surface area contributed by atoms with Crippen LogP contribution >= 0.6 is 0 Å². The van der Waals surface area contributed by atoms with Crippen molar-refractivity contribution >= 4 is 62.2 Å². The molecule has 0 atom stereocenters. The Labute approximate surface area is 405 Å². The van der Waals surface area contributed by atoms with Crippen LogP contribution in [0.5, 0.6) is 0 Å². The average Bonchev–Trinajstić information content (AvgIpc) is 4.05. The first kappa shape index (κ1) is 38.9. The normalized spacial score (nSPS) is 13.5. The molecule has 0 unspecified atom stereocenters. The fourth-order valence-corrected chi connectivity index (χ4v) is 12.4. The summed E-state index contributed by atoms with van der Waals surface area (Å²) in [5.41, 5.74) is 20.8. The fourth-order valence-electron chi connectivity index (χ4n) is 12.4. The predicted molar refractivity (Wildman–Crippen MR) is 287 cm³/mol. The van der Waals surface area contributed by atoms with Crippen LogP contribution in [-0.2, 0) is 5.41 Å². The van der Waals surface area contributed by atoms with Gasteiger partial charge in [0.15, 0.2) is 11.6 Å². The molecule has 0 bridgehead atoms. The van der Waals surface area contributed by atoms with Crippen LogP contribution in [0.3, 0.4) is 0 Å². The van der Waals surface area contributed by atoms with E-state index < -0.39 is 5.41 Å². The van der Waals surface area contributed by atoms with Gasteiger partial charge in [0.2, 0.25) is 12.7 Å². The van der Waals surface area contributed by atoms with E-state index in [9.17, 15) is 0 Å². The number of benzene rings is 10. The highest BCUT2D eigenvalue weighted by molar-refractivity contribution is 6.99. The molecule has 6 heteroatoms. The van der Waals surface area contributed by atoms with E-state index in [1.54, 1.807) is 0 Å². The van der Waals surface area contributed by atoms with Gasteiger partial charge < -0.3 is 4.57 Å². The Kier molecular flexibility index (Phi) is 8.31. The zero-order valence-electron chi connectivity index (χ0n) is 37.9. The van der Waals surface area contributed by atoms with E-state index in [-0.39, 0.29) is 6.71 Å². The van der Waals surface area contributed by atoms with Crippen LogP contribution in [0.4, 0.5) is 17.3 Å². The Bertz CT molecular complexity index is 4040. The monoisotopic (exact) mass is 889 g/mol. The molecule has 3 aliphatic rings. The lowest BCUT2D eigenvalue weighted by Gasteiger charge is -2.36. The Balaban J connectivity index is 0.991. The van der Waals surface area contributed by atoms with Gasteiger partial charge in [-0.2, -0.15) is 9.97 Å². The number of para-hydroxylation sites is 3. The zero-order valence-corrected chi connectivity index (χ0v) is 37.9. The van der Waals surface area contributed by atoms with Crippen LogP contribution in [0.15, 0.2) is 243 Å². The Morgan fingerprint density at radius 2 is 0.943 bits per heavy atom. The predicted octanol–water partition coefficient (Wildman–Crippen LogP) is 12.9. The highest BCUT2D eigenvalue weighted by Crippen LogP contribution is 2.63. The number of rotatable bonds is 5. The second-order valence-corrected chi connectivity index (χ2v) is 18.6. The molecule has 3 heterocycles. The number of hydrogen-bond acceptors (Lipinski definition) is 4. The molecule has 0 fully saturated rings. The van der Waals surface area contributed by atoms with Gasteiger partial charge >= 0.3 is 0 Å². The first-order valence-corrected chi connectivity index (χ1v) is 24.1. The van der Waals surface area contributed by atoms with Gasteiger partial charge in [-0.25, -0.2) is 4.98 Å². The molecule has 1 spiro atoms. The topological polar surface area (TPSA) is 46.8 Å². The molecule has 12 aromatic rings. The first-order valence-electron chi connectivity index (χ1n) is 24.1. The van der Waals surface area contributed by atoms with Crippen molar-refractivity contribution in [2.45, 2.75) is 5.41 Å². The maximum Gasteiger partial charge on any atom is 0.247 e. The molecule has 2 aromatic heterocycles. The van der Waals surface area contributed by atoms with E-state index in [0.29, 0.717) is 17.6 Å². The minimum atomic E-state index is -0.442. The SMILES string of the molecule is c1ccc(B2c3ccccc3N(c3nc(-c4ccccc4)nc(-c4ccc5c(c4)-c4ccccc4C54c5ccccc5-c5ccccc54)n3)c3ccc4c(c32)c2ccccc2n4-c2ccccc2)cc1. The Morgan fingerprint density at radius 1 is 0.386 bits per heavy atom. The van der Waals surface area contributed by atoms with Crippen LogP contribution in [0.2, 0.25) is 0 Å². The molecule has 0 N–H and O–H groups in total. The third-order valence-corrected chi connectivity index (χ3v) is 15.1. The minimum Gasteiger partial charge on any atom is -0.309 e. The van der Waals surface area contributed by atoms with E-state index in [0.717, 1.165) is 39.2 Å². The van der Waals surface area contributed by atoms with E-state index in [1.165, 1.54) is 71.7 Å². The molecule has 0 saturated carbocycles. The van der Waals surface area contributed by atoms with Gasteiger partial charge in [-0.15, -0.1) is 0 Å². The van der Waals surface area contributed by atoms with Gasteiger partial charge in [0.05, 0.1) is 16.4 Å². The second kappa shape index (κ2) is 14.9. The van der Waals surface area contributed by atoms with Gasteiger partial charge in [0, 0.05) is 39.0 Å². The van der Waals surface area contributed by atoms with Crippen molar-refractivity contribution in [3.63, 3.8) is 0 Å². The molecule has 10 aromatic carbocycles. The number of nitrogens with zero attached hydrogens (tertiary/aromatic N) is 5. The van der Waals surface area contributed by atoms with E-state index in [2.05, 4.69) is 246 Å². The summed E-state index contributed by atoms with van der Waals surface area (Å²) in [6, 6.07) is 87.9. The smallest absolute Gasteiger partial charge is 0.247 e. The quantitative estimate of drug-likeness (QED) is 0.162. The van der Waals surface area contributed by atoms with Gasteiger partial charge in [0.25, 0.3) is 0 Å². The Hall–Kier alpha value is -9.13. The molecule has 0 radical (unpaired) electrons. The van der Waals surface area contributed by atoms with Crippen molar-refractivity contribution in [1.29, 1.82) is 0 Å². The molecule has 1 aliphatic heterocycles. The standard InChI is InChI=1S/C64H40BN5/c1-4-20-41(21-5-1)61-66-62(42-36-37-53-49(40-42)47-28-12-16-32-52(47)64(53)50-30-14-10-26-45(50)46-27-11-15-31-51(46)64)68-63(67-61)70-56-35-19-17-33-54(56)65(43-22-6-2-7-23-43)60-58(70)39-38-57-59(60)48-29-13-18-34-55(48)69(57)44-24-8-3-9-25-44/h1-40H. The maximum atomic E-state index is 5.58. The molecule has 0 amide bonds. The fraction of sp³-hybridized carbons (Fsp3) is 0.0156. The van der Waals surface area contributed by atoms with E-state index >= 15 is 0 Å². The van der Waals surface area contributed by atoms with Gasteiger partial charge in [-0.1, -0.05) is 206 Å². The zero-order chi connectivity index (χ0) is 45.9. The summed E-state index contributed by atoms with van der Waals surface area (Å²) < 4.78 is 2.41. The molecule has 15 rings (SSSR count). The van der Waals surface area contributed by atoms with Crippen LogP contribution in [0.25, 0.3) is 72.5 Å². The molecule has 324 valence electrons. The summed E-state index contributed by atoms with van der Waals surface area (Å²) >= 11 is 0. The molecule has 2 aliphatic carbocycles. The lowest BCUT2D eigenvalue weighted by molar-refractivity contribution is 0.794. The summed E-state index contributed by atoms with van der Waals surface area (Å²) in [6.07, 6.45) is 0. The minimum absolute atomic E-state index is 0.0766. The lowest BCUT2D eigenvalue weighted by Crippen LogP contribution is -2.57. The van der Waals surface area contributed by atoms with E-state index in [1.807, 2.05) is 6.07 Å². The number of fused-ring (bicyclic) bond motifs is 16. The average molecular weight is 890 g/mol. The molecule has 70 heavy (non-hydrogen) atoms. The van der Waals surface area contributed by atoms with Crippen LogP contribution < -0.4 is 21.3 Å². The van der Waals surface area contributed by atoms with Crippen molar-refractivity contribution in [2.75, 3.05) is 4.90 Å². The Morgan fingerprint density at radius 3 is 1.66 bits per heavy atom. The van der Waals surface area contributed by atoms with Gasteiger partial charge in [-0.3, -0.25) is 4.90 Å². The van der Waals surface area contributed by atoms with Crippen molar-refractivity contribution in [3.05, 3.63) is 265 Å². The van der Waals surface area contributed by atoms with Crippen molar-refractivity contribution < 1.29 is 0 Å². The van der Waals surface area contributed by atoms with Gasteiger partial charge in [-0.05, 0) is 97.9 Å². The summed E-state index contributed by atoms with van der Waals surface area (Å²) in [7, 11) is 0. The van der Waals surface area contributed by atoms with Crippen LogP contribution in [0.1, 0.15) is 22.3 Å². The first-order chi connectivity index (χ1) is 34.8. The summed E-state index contributed by atoms with van der Waals surface area (Å²) in [5.74, 6) is 1.79. The number of aromatic nitrogens is 4. The second-order valence-electron chi connectivity index (χ2n) is 18.6. The lowest BCUT2D eigenvalue weighted by atomic mass is 9.34. The number of hydrogen-bond donors (Lipinski definition) is 0. The number of anilines is 3. The maximum absolute atomic E-state index is 5.58. The molecule has 5 nitrogen and oxygen atoms in total. The molecular weight excluding hydrogens is 850 g/mol. The van der Waals surface area contributed by atoms with Crippen molar-refractivity contribution in [3.8, 4) is 50.7 Å². The van der Waals surface area contributed by atoms with E-state index in [4.69, 9.17) is 15.0 Å². The van der Waals surface area contributed by atoms with Crippen molar-refractivity contribution in [2.24, 2.45) is 0 Å². The van der Waals surface area contributed by atoms with Crippen molar-refractivity contribution in [1.82, 2.24) is 19.5 Å². The highest BCUT2D eigenvalue weighted by atomic mass is 15.3.